The zero-order valence-electron chi connectivity index (χ0n) is 14.4. The standard InChI is InChI=1S/C16H33N3O2/c1-6-17-15(18-9-11-20-5)19-12-13-8-7-10-21-14(13)16(2,3)4/h13-14H,6-12H2,1-5H3,(H2,17,18,19). The highest BCUT2D eigenvalue weighted by Crippen LogP contribution is 2.34. The van der Waals surface area contributed by atoms with Gasteiger partial charge in [0.25, 0.3) is 0 Å². The summed E-state index contributed by atoms with van der Waals surface area (Å²) in [5, 5.41) is 6.56. The number of nitrogens with one attached hydrogen (secondary N) is 2. The van der Waals surface area contributed by atoms with E-state index in [2.05, 4.69) is 38.3 Å². The fraction of sp³-hybridized carbons (Fsp3) is 0.938. The van der Waals surface area contributed by atoms with Crippen molar-refractivity contribution in [2.24, 2.45) is 16.3 Å². The second kappa shape index (κ2) is 9.26. The van der Waals surface area contributed by atoms with Gasteiger partial charge in [-0.05, 0) is 25.2 Å². The van der Waals surface area contributed by atoms with Crippen molar-refractivity contribution in [3.05, 3.63) is 0 Å². The van der Waals surface area contributed by atoms with Crippen molar-refractivity contribution >= 4 is 5.96 Å². The minimum Gasteiger partial charge on any atom is -0.383 e. The molecule has 0 bridgehead atoms. The Hall–Kier alpha value is -0.810. The van der Waals surface area contributed by atoms with Crippen molar-refractivity contribution in [3.63, 3.8) is 0 Å². The second-order valence-electron chi connectivity index (χ2n) is 6.70. The quantitative estimate of drug-likeness (QED) is 0.448. The molecule has 5 nitrogen and oxygen atoms in total. The predicted octanol–water partition coefficient (Wildman–Crippen LogP) is 2.03. The molecule has 0 aliphatic carbocycles. The van der Waals surface area contributed by atoms with E-state index in [1.54, 1.807) is 7.11 Å². The molecule has 0 saturated carbocycles. The molecular weight excluding hydrogens is 266 g/mol. The molecule has 0 radical (unpaired) electrons. The molecule has 2 atom stereocenters. The molecule has 2 unspecified atom stereocenters. The lowest BCUT2D eigenvalue weighted by Gasteiger charge is -2.39. The van der Waals surface area contributed by atoms with Gasteiger partial charge in [-0.15, -0.1) is 0 Å². The number of methoxy groups -OCH3 is 1. The Morgan fingerprint density at radius 1 is 1.33 bits per heavy atom. The maximum atomic E-state index is 6.02. The van der Waals surface area contributed by atoms with Gasteiger partial charge in [0.05, 0.1) is 12.7 Å². The van der Waals surface area contributed by atoms with E-state index in [0.717, 1.165) is 38.6 Å². The Labute approximate surface area is 129 Å². The summed E-state index contributed by atoms with van der Waals surface area (Å²) >= 11 is 0. The summed E-state index contributed by atoms with van der Waals surface area (Å²) in [7, 11) is 1.71. The van der Waals surface area contributed by atoms with Gasteiger partial charge in [-0.25, -0.2) is 0 Å². The van der Waals surface area contributed by atoms with Gasteiger partial charge in [0.2, 0.25) is 0 Å². The normalized spacial score (nSPS) is 24.0. The average molecular weight is 299 g/mol. The van der Waals surface area contributed by atoms with Crippen molar-refractivity contribution in [2.75, 3.05) is 40.0 Å². The summed E-state index contributed by atoms with van der Waals surface area (Å²) in [6, 6.07) is 0. The van der Waals surface area contributed by atoms with Crippen LogP contribution in [0.25, 0.3) is 0 Å². The number of aliphatic imine (C=N–C) groups is 1. The van der Waals surface area contributed by atoms with Gasteiger partial charge in [-0.3, -0.25) is 4.99 Å². The molecule has 1 aliphatic heterocycles. The zero-order valence-corrected chi connectivity index (χ0v) is 14.4. The molecule has 1 fully saturated rings. The minimum absolute atomic E-state index is 0.169. The number of hydrogen-bond acceptors (Lipinski definition) is 3. The predicted molar refractivity (Wildman–Crippen MR) is 87.8 cm³/mol. The van der Waals surface area contributed by atoms with Crippen LogP contribution in [0.3, 0.4) is 0 Å². The highest BCUT2D eigenvalue weighted by molar-refractivity contribution is 5.79. The van der Waals surface area contributed by atoms with Crippen molar-refractivity contribution in [1.29, 1.82) is 0 Å². The average Bonchev–Trinajstić information content (AvgIpc) is 2.44. The van der Waals surface area contributed by atoms with Crippen LogP contribution in [-0.4, -0.2) is 52.0 Å². The molecule has 0 aromatic heterocycles. The number of ether oxygens (including phenoxy) is 2. The molecule has 0 aromatic rings. The van der Waals surface area contributed by atoms with Crippen LogP contribution in [0.1, 0.15) is 40.5 Å². The van der Waals surface area contributed by atoms with Crippen LogP contribution < -0.4 is 10.6 Å². The van der Waals surface area contributed by atoms with E-state index in [1.165, 1.54) is 6.42 Å². The van der Waals surface area contributed by atoms with Crippen molar-refractivity contribution in [2.45, 2.75) is 46.6 Å². The SMILES string of the molecule is CCNC(=NCC1CCCOC1C(C)(C)C)NCCOC. The van der Waals surface area contributed by atoms with Crippen molar-refractivity contribution in [3.8, 4) is 0 Å². The van der Waals surface area contributed by atoms with Crippen LogP contribution in [0.15, 0.2) is 4.99 Å². The molecule has 5 heteroatoms. The van der Waals surface area contributed by atoms with Crippen LogP contribution in [-0.2, 0) is 9.47 Å². The fourth-order valence-corrected chi connectivity index (χ4v) is 2.81. The van der Waals surface area contributed by atoms with E-state index in [-0.39, 0.29) is 11.5 Å². The highest BCUT2D eigenvalue weighted by Gasteiger charge is 2.35. The third-order valence-electron chi connectivity index (χ3n) is 3.73. The molecular formula is C16H33N3O2. The molecule has 21 heavy (non-hydrogen) atoms. The Kier molecular flexibility index (Phi) is 8.04. The van der Waals surface area contributed by atoms with Gasteiger partial charge in [-0.2, -0.15) is 0 Å². The maximum absolute atomic E-state index is 6.02. The van der Waals surface area contributed by atoms with E-state index >= 15 is 0 Å². The smallest absolute Gasteiger partial charge is 0.191 e. The van der Waals surface area contributed by atoms with E-state index in [9.17, 15) is 0 Å². The van der Waals surface area contributed by atoms with E-state index < -0.39 is 0 Å². The molecule has 1 aliphatic rings. The zero-order chi connectivity index (χ0) is 15.7. The third kappa shape index (κ3) is 6.66. The minimum atomic E-state index is 0.169. The van der Waals surface area contributed by atoms with E-state index in [0.29, 0.717) is 12.5 Å². The molecule has 124 valence electrons. The summed E-state index contributed by atoms with van der Waals surface area (Å²) in [5.41, 5.74) is 0.169. The summed E-state index contributed by atoms with van der Waals surface area (Å²) in [6.07, 6.45) is 2.63. The lowest BCUT2D eigenvalue weighted by Crippen LogP contribution is -2.43. The summed E-state index contributed by atoms with van der Waals surface area (Å²) in [5.74, 6) is 1.37. The highest BCUT2D eigenvalue weighted by atomic mass is 16.5. The van der Waals surface area contributed by atoms with Crippen LogP contribution in [0.5, 0.6) is 0 Å². The van der Waals surface area contributed by atoms with E-state index in [4.69, 9.17) is 14.5 Å². The topological polar surface area (TPSA) is 54.9 Å². The molecule has 1 heterocycles. The maximum Gasteiger partial charge on any atom is 0.191 e. The molecule has 0 spiro atoms. The molecule has 1 saturated heterocycles. The van der Waals surface area contributed by atoms with Crippen LogP contribution in [0.2, 0.25) is 0 Å². The largest absolute Gasteiger partial charge is 0.383 e. The fourth-order valence-electron chi connectivity index (χ4n) is 2.81. The summed E-state index contributed by atoms with van der Waals surface area (Å²) < 4.78 is 11.1. The Bertz CT molecular complexity index is 313. The Morgan fingerprint density at radius 3 is 2.71 bits per heavy atom. The first-order chi connectivity index (χ1) is 9.99. The van der Waals surface area contributed by atoms with Gasteiger partial charge >= 0.3 is 0 Å². The first-order valence-corrected chi connectivity index (χ1v) is 8.11. The summed E-state index contributed by atoms with van der Waals surface area (Å²) in [4.78, 5) is 4.73. The van der Waals surface area contributed by atoms with Crippen LogP contribution in [0, 0.1) is 11.3 Å². The number of guanidine groups is 1. The van der Waals surface area contributed by atoms with Crippen LogP contribution >= 0.6 is 0 Å². The third-order valence-corrected chi connectivity index (χ3v) is 3.73. The lowest BCUT2D eigenvalue weighted by atomic mass is 9.78. The number of nitrogens with zero attached hydrogens (tertiary/aromatic N) is 1. The van der Waals surface area contributed by atoms with E-state index in [1.807, 2.05) is 0 Å². The molecule has 2 N–H and O–H groups in total. The van der Waals surface area contributed by atoms with Crippen molar-refractivity contribution < 1.29 is 9.47 Å². The van der Waals surface area contributed by atoms with Gasteiger partial charge in [0.15, 0.2) is 5.96 Å². The second-order valence-corrected chi connectivity index (χ2v) is 6.70. The Balaban J connectivity index is 2.59. The van der Waals surface area contributed by atoms with Crippen molar-refractivity contribution in [1.82, 2.24) is 10.6 Å². The Morgan fingerprint density at radius 2 is 2.10 bits per heavy atom. The molecule has 1 rings (SSSR count). The monoisotopic (exact) mass is 299 g/mol. The molecule has 0 aromatic carbocycles. The van der Waals surface area contributed by atoms with Gasteiger partial charge in [-0.1, -0.05) is 20.8 Å². The van der Waals surface area contributed by atoms with Gasteiger partial charge < -0.3 is 20.1 Å². The summed E-state index contributed by atoms with van der Waals surface area (Å²) in [6.45, 7) is 12.8. The van der Waals surface area contributed by atoms with Gasteiger partial charge in [0.1, 0.15) is 0 Å². The van der Waals surface area contributed by atoms with Crippen LogP contribution in [0.4, 0.5) is 0 Å². The number of rotatable bonds is 6. The first kappa shape index (κ1) is 18.2. The lowest BCUT2D eigenvalue weighted by molar-refractivity contribution is -0.0823. The first-order valence-electron chi connectivity index (χ1n) is 8.11. The van der Waals surface area contributed by atoms with Gasteiger partial charge in [0, 0.05) is 39.3 Å². The number of hydrogen-bond donors (Lipinski definition) is 2. The molecule has 0 amide bonds.